The number of nitro groups is 2. The third-order valence-corrected chi connectivity index (χ3v) is 6.17. The van der Waals surface area contributed by atoms with Gasteiger partial charge in [0.1, 0.15) is 6.29 Å². The summed E-state index contributed by atoms with van der Waals surface area (Å²) in [5, 5.41) is 21.1. The molecule has 239 valence electrons. The Labute approximate surface area is 278 Å². The fourth-order valence-corrected chi connectivity index (χ4v) is 3.85. The molecular weight excluding hydrogens is 608 g/mol. The molecule has 2 aromatic rings. The Morgan fingerprint density at radius 2 is 1.47 bits per heavy atom. The van der Waals surface area contributed by atoms with E-state index in [1.54, 1.807) is 11.0 Å². The molecule has 0 atom stereocenters. The molecule has 2 aromatic carbocycles. The van der Waals surface area contributed by atoms with Gasteiger partial charge in [-0.15, -0.1) is 0 Å². The minimum absolute atomic E-state index is 0.165. The van der Waals surface area contributed by atoms with E-state index in [0.717, 1.165) is 25.7 Å². The number of hydrogen-bond acceptors (Lipinski definition) is 8. The number of hydrogen-bond donors (Lipinski definition) is 0. The fraction of sp³-hybridized carbons (Fsp3) is 0.345. The van der Waals surface area contributed by atoms with Crippen molar-refractivity contribution >= 4 is 60.4 Å². The van der Waals surface area contributed by atoms with E-state index in [0.29, 0.717) is 37.8 Å². The fourth-order valence-electron chi connectivity index (χ4n) is 3.85. The Morgan fingerprint density at radius 1 is 1.00 bits per heavy atom. The van der Waals surface area contributed by atoms with Crippen molar-refractivity contribution in [3.63, 3.8) is 0 Å². The summed E-state index contributed by atoms with van der Waals surface area (Å²) in [7, 11) is 17.2. The molecule has 0 N–H and O–H groups in total. The summed E-state index contributed by atoms with van der Waals surface area (Å²) in [6.45, 7) is 9.89. The lowest BCUT2D eigenvalue weighted by Gasteiger charge is -2.33. The Hall–Kier alpha value is -4.60. The number of methoxy groups -OCH3 is 1. The average molecular weight is 641 g/mol. The third kappa shape index (κ3) is 17.1. The number of nitrogens with zero attached hydrogens (tertiary/aromatic N) is 4. The minimum Gasteiger partial charge on any atom is -0.453 e. The van der Waals surface area contributed by atoms with Gasteiger partial charge in [-0.05, 0) is 55.8 Å². The number of nitro benzene ring substituents is 2. The van der Waals surface area contributed by atoms with Crippen molar-refractivity contribution < 1.29 is 33.0 Å². The van der Waals surface area contributed by atoms with Gasteiger partial charge in [0.25, 0.3) is 0 Å². The van der Waals surface area contributed by atoms with Crippen LogP contribution in [0.3, 0.4) is 0 Å². The number of amides is 1. The number of carbonyl (C=O) groups excluding carboxylic acids is 2. The standard InChI is InChI=1S/C15H20FN3O4.C9H8FNO3.C5H4.B5/c1-23-15(20)18-10-8-17(9-11-18)7-3-5-12-4-2-6-13(14(12)16)19(21)22;10-9-7(4-2-6-12)3-1-5-8(9)11(13)14;1-3-5-4-2;1-4-5(2)3/h2,4,6H,3,5,7-11H2,1H3;1,3,5-6H,2,4H2;1-2H2;. The molecule has 7 radical (unpaired) electrons. The molecule has 18 heteroatoms. The number of benzene rings is 2. The van der Waals surface area contributed by atoms with Gasteiger partial charge in [0.05, 0.1) is 17.0 Å². The van der Waals surface area contributed by atoms with Crippen LogP contribution in [0.15, 0.2) is 66.7 Å². The molecular formula is C29H32B5F2N4O7. The first-order chi connectivity index (χ1) is 22.4. The first kappa shape index (κ1) is 42.4. The highest BCUT2D eigenvalue weighted by Gasteiger charge is 2.22. The van der Waals surface area contributed by atoms with Gasteiger partial charge in [-0.1, -0.05) is 35.7 Å². The molecule has 1 aliphatic rings. The highest BCUT2D eigenvalue weighted by molar-refractivity contribution is 7.60. The molecule has 1 aliphatic heterocycles. The summed E-state index contributed by atoms with van der Waals surface area (Å²) >= 11 is 0. The van der Waals surface area contributed by atoms with E-state index in [1.807, 2.05) is 0 Å². The number of aryl methyl sites for hydroxylation is 2. The Morgan fingerprint density at radius 3 is 1.83 bits per heavy atom. The number of rotatable bonds is 10. The second-order valence-electron chi connectivity index (χ2n) is 9.37. The van der Waals surface area contributed by atoms with Crippen molar-refractivity contribution in [1.82, 2.24) is 9.80 Å². The quantitative estimate of drug-likeness (QED) is 0.127. The lowest BCUT2D eigenvalue weighted by Crippen LogP contribution is -2.48. The van der Waals surface area contributed by atoms with E-state index in [9.17, 15) is 38.6 Å². The monoisotopic (exact) mass is 641 g/mol. The number of piperazine rings is 1. The summed E-state index contributed by atoms with van der Waals surface area (Å²) in [6, 6.07) is 8.20. The maximum atomic E-state index is 14.0. The maximum Gasteiger partial charge on any atom is 0.409 e. The number of halogens is 2. The minimum atomic E-state index is -0.848. The molecule has 11 nitrogen and oxygen atoms in total. The second kappa shape index (κ2) is 24.6. The van der Waals surface area contributed by atoms with Crippen molar-refractivity contribution in [3.05, 3.63) is 110 Å². The topological polar surface area (TPSA) is 136 Å². The summed E-state index contributed by atoms with van der Waals surface area (Å²) in [4.78, 5) is 44.9. The first-order valence-corrected chi connectivity index (χ1v) is 14.1. The van der Waals surface area contributed by atoms with Crippen LogP contribution in [0.4, 0.5) is 25.0 Å². The van der Waals surface area contributed by atoms with Gasteiger partial charge in [-0.3, -0.25) is 25.1 Å². The van der Waals surface area contributed by atoms with Crippen LogP contribution < -0.4 is 0 Å². The molecule has 0 saturated carbocycles. The molecule has 1 amide bonds. The largest absolute Gasteiger partial charge is 0.453 e. The van der Waals surface area contributed by atoms with Crippen LogP contribution in [0, 0.1) is 31.9 Å². The van der Waals surface area contributed by atoms with E-state index >= 15 is 0 Å². The molecule has 1 saturated heterocycles. The zero-order valence-electron chi connectivity index (χ0n) is 26.1. The van der Waals surface area contributed by atoms with E-state index < -0.39 is 39.2 Å². The van der Waals surface area contributed by atoms with E-state index in [2.05, 4.69) is 40.0 Å². The Kier molecular flexibility index (Phi) is 22.2. The summed E-state index contributed by atoms with van der Waals surface area (Å²) in [5.74, 6) is -1.59. The van der Waals surface area contributed by atoms with Crippen LogP contribution in [0.2, 0.25) is 0 Å². The van der Waals surface area contributed by atoms with Gasteiger partial charge in [-0.25, -0.2) is 4.79 Å². The third-order valence-electron chi connectivity index (χ3n) is 6.17. The van der Waals surface area contributed by atoms with Crippen molar-refractivity contribution in [2.24, 2.45) is 0 Å². The van der Waals surface area contributed by atoms with Crippen LogP contribution in [0.5, 0.6) is 0 Å². The highest BCUT2D eigenvalue weighted by Crippen LogP contribution is 2.22. The lowest BCUT2D eigenvalue weighted by molar-refractivity contribution is -0.387. The second-order valence-corrected chi connectivity index (χ2v) is 9.37. The van der Waals surface area contributed by atoms with Gasteiger partial charge in [0.2, 0.25) is 11.6 Å². The number of ether oxygens (including phenoxy) is 1. The predicted octanol–water partition coefficient (Wildman–Crippen LogP) is 3.28. The molecule has 47 heavy (non-hydrogen) atoms. The molecule has 0 aromatic heterocycles. The van der Waals surface area contributed by atoms with Crippen molar-refractivity contribution in [2.45, 2.75) is 25.7 Å². The van der Waals surface area contributed by atoms with E-state index in [4.69, 9.17) is 23.2 Å². The highest BCUT2D eigenvalue weighted by atomic mass is 19.1. The molecule has 0 aliphatic carbocycles. The van der Waals surface area contributed by atoms with Crippen molar-refractivity contribution in [1.29, 1.82) is 0 Å². The predicted molar refractivity (Wildman–Crippen MR) is 180 cm³/mol. The number of carbonyl (C=O) groups is 2. The van der Waals surface area contributed by atoms with Crippen LogP contribution in [0.1, 0.15) is 24.0 Å². The van der Waals surface area contributed by atoms with Gasteiger partial charge >= 0.3 is 17.5 Å². The Balaban J connectivity index is 0.000000743. The van der Waals surface area contributed by atoms with Gasteiger partial charge in [-0.2, -0.15) is 8.78 Å². The van der Waals surface area contributed by atoms with Crippen molar-refractivity contribution in [3.8, 4) is 0 Å². The SMILES string of the molecule is C=C=C=C=C.COC(=O)N1CCN(CCCc2cccc([N+](=O)[O-])c2F)CC1.O=CCCc1cccc([N+](=O)[O-])c1F.[B][B]B([B])[B]. The zero-order valence-corrected chi connectivity index (χ0v) is 26.1. The molecule has 0 bridgehead atoms. The van der Waals surface area contributed by atoms with E-state index in [-0.39, 0.29) is 24.5 Å². The number of aldehydes is 1. The first-order valence-electron chi connectivity index (χ1n) is 14.1. The lowest BCUT2D eigenvalue weighted by atomic mass is 8.97. The Bertz CT molecular complexity index is 1420. The van der Waals surface area contributed by atoms with Gasteiger partial charge in [0, 0.05) is 81.4 Å². The smallest absolute Gasteiger partial charge is 0.409 e. The molecule has 1 fully saturated rings. The average Bonchev–Trinajstić information content (AvgIpc) is 3.06. The van der Waals surface area contributed by atoms with Crippen molar-refractivity contribution in [2.75, 3.05) is 39.8 Å². The van der Waals surface area contributed by atoms with Crippen LogP contribution in [0.25, 0.3) is 0 Å². The maximum absolute atomic E-state index is 14.0. The van der Waals surface area contributed by atoms with Gasteiger partial charge in [0.15, 0.2) is 0 Å². The summed E-state index contributed by atoms with van der Waals surface area (Å²) in [5.41, 5.74) is 6.62. The van der Waals surface area contributed by atoms with Gasteiger partial charge < -0.3 is 14.4 Å². The van der Waals surface area contributed by atoms with Crippen LogP contribution >= 0.6 is 0 Å². The normalized spacial score (nSPS) is 11.5. The van der Waals surface area contributed by atoms with E-state index in [1.165, 1.54) is 38.4 Å². The molecule has 1 heterocycles. The van der Waals surface area contributed by atoms with Crippen LogP contribution in [-0.2, 0) is 22.4 Å². The van der Waals surface area contributed by atoms with Crippen LogP contribution in [-0.4, -0.2) is 109 Å². The summed E-state index contributed by atoms with van der Waals surface area (Å²) in [6.07, 6.45) is 1.38. The zero-order chi connectivity index (χ0) is 35.8. The molecule has 0 unspecified atom stereocenters. The summed E-state index contributed by atoms with van der Waals surface area (Å²) < 4.78 is 31.9. The molecule has 3 rings (SSSR count). The molecule has 0 spiro atoms.